The van der Waals surface area contributed by atoms with E-state index in [2.05, 4.69) is 34.3 Å². The molecule has 0 saturated carbocycles. The zero-order valence-corrected chi connectivity index (χ0v) is 8.69. The fraction of sp³-hybridized carbons (Fsp3) is 0.308. The van der Waals surface area contributed by atoms with E-state index < -0.39 is 0 Å². The minimum Gasteiger partial charge on any atom is -0.377 e. The molecular weight excluding hydrogens is 184 g/mol. The summed E-state index contributed by atoms with van der Waals surface area (Å²) in [6.07, 6.45) is 6.87. The maximum absolute atomic E-state index is 4.40. The standard InChI is InChI=1S/C13H14N2/c1-2-6-13-12(5-1)11(9-14-13)10-15-7-3-4-8-15/h1-2,5-6,9-10H,3-4,7-8H2. The van der Waals surface area contributed by atoms with Crippen molar-refractivity contribution >= 4 is 17.5 Å². The van der Waals surface area contributed by atoms with E-state index in [0.29, 0.717) is 0 Å². The van der Waals surface area contributed by atoms with Crippen LogP contribution in [0.4, 0.5) is 5.69 Å². The predicted octanol–water partition coefficient (Wildman–Crippen LogP) is 2.84. The van der Waals surface area contributed by atoms with Crippen molar-refractivity contribution in [3.05, 3.63) is 36.0 Å². The minimum atomic E-state index is 1.10. The fourth-order valence-corrected chi connectivity index (χ4v) is 2.21. The summed E-state index contributed by atoms with van der Waals surface area (Å²) < 4.78 is 0. The smallest absolute Gasteiger partial charge is 0.0709 e. The Balaban J connectivity index is 1.93. The zero-order valence-electron chi connectivity index (χ0n) is 8.69. The highest BCUT2D eigenvalue weighted by atomic mass is 15.1. The molecule has 0 unspecified atom stereocenters. The van der Waals surface area contributed by atoms with Gasteiger partial charge in [-0.3, -0.25) is 4.99 Å². The summed E-state index contributed by atoms with van der Waals surface area (Å²) in [5.74, 6) is 0. The number of allylic oxidation sites excluding steroid dienone is 1. The number of para-hydroxylation sites is 1. The quantitative estimate of drug-likeness (QED) is 0.677. The van der Waals surface area contributed by atoms with Crippen molar-refractivity contribution in [2.45, 2.75) is 12.8 Å². The average molecular weight is 198 g/mol. The summed E-state index contributed by atoms with van der Waals surface area (Å²) in [5.41, 5.74) is 3.62. The van der Waals surface area contributed by atoms with E-state index in [4.69, 9.17) is 0 Å². The van der Waals surface area contributed by atoms with Crippen LogP contribution in [0.5, 0.6) is 0 Å². The van der Waals surface area contributed by atoms with Gasteiger partial charge in [0.25, 0.3) is 0 Å². The van der Waals surface area contributed by atoms with Crippen LogP contribution < -0.4 is 0 Å². The van der Waals surface area contributed by atoms with Crippen molar-refractivity contribution in [3.8, 4) is 0 Å². The van der Waals surface area contributed by atoms with E-state index in [-0.39, 0.29) is 0 Å². The predicted molar refractivity (Wildman–Crippen MR) is 63.4 cm³/mol. The van der Waals surface area contributed by atoms with E-state index in [1.807, 2.05) is 12.3 Å². The molecule has 2 aliphatic rings. The third kappa shape index (κ3) is 1.56. The summed E-state index contributed by atoms with van der Waals surface area (Å²) in [5, 5.41) is 0. The molecule has 0 radical (unpaired) electrons. The first kappa shape index (κ1) is 8.72. The second-order valence-corrected chi connectivity index (χ2v) is 4.10. The van der Waals surface area contributed by atoms with Crippen molar-refractivity contribution < 1.29 is 0 Å². The molecule has 1 fully saturated rings. The van der Waals surface area contributed by atoms with Crippen LogP contribution in [-0.4, -0.2) is 24.2 Å². The Bertz CT molecular complexity index is 426. The maximum atomic E-state index is 4.40. The van der Waals surface area contributed by atoms with Crippen LogP contribution in [0.2, 0.25) is 0 Å². The van der Waals surface area contributed by atoms with E-state index in [9.17, 15) is 0 Å². The number of hydrogen-bond donors (Lipinski definition) is 0. The van der Waals surface area contributed by atoms with E-state index in [1.165, 1.54) is 37.1 Å². The first-order valence-electron chi connectivity index (χ1n) is 5.53. The summed E-state index contributed by atoms with van der Waals surface area (Å²) in [7, 11) is 0. The van der Waals surface area contributed by atoms with Gasteiger partial charge in [0, 0.05) is 36.6 Å². The van der Waals surface area contributed by atoms with Gasteiger partial charge in [-0.1, -0.05) is 18.2 Å². The molecule has 0 aliphatic carbocycles. The van der Waals surface area contributed by atoms with Crippen LogP contribution in [0.3, 0.4) is 0 Å². The van der Waals surface area contributed by atoms with Gasteiger partial charge < -0.3 is 4.90 Å². The van der Waals surface area contributed by atoms with Crippen LogP contribution >= 0.6 is 0 Å². The molecular formula is C13H14N2. The molecule has 0 amide bonds. The van der Waals surface area contributed by atoms with Crippen LogP contribution in [0.1, 0.15) is 18.4 Å². The second kappa shape index (κ2) is 3.54. The molecule has 0 atom stereocenters. The Morgan fingerprint density at radius 2 is 1.93 bits per heavy atom. The van der Waals surface area contributed by atoms with Gasteiger partial charge in [0.2, 0.25) is 0 Å². The SMILES string of the molecule is C1=Nc2ccccc2C1=CN1CCCC1. The first-order valence-corrected chi connectivity index (χ1v) is 5.53. The largest absolute Gasteiger partial charge is 0.377 e. The molecule has 1 aromatic rings. The van der Waals surface area contributed by atoms with E-state index >= 15 is 0 Å². The summed E-state index contributed by atoms with van der Waals surface area (Å²) in [6.45, 7) is 2.39. The molecule has 0 aromatic heterocycles. The van der Waals surface area contributed by atoms with Gasteiger partial charge >= 0.3 is 0 Å². The summed E-state index contributed by atoms with van der Waals surface area (Å²) in [4.78, 5) is 6.80. The Labute approximate surface area is 89.9 Å². The lowest BCUT2D eigenvalue weighted by atomic mass is 10.1. The number of hydrogen-bond acceptors (Lipinski definition) is 2. The van der Waals surface area contributed by atoms with E-state index in [0.717, 1.165) is 5.69 Å². The van der Waals surface area contributed by atoms with Gasteiger partial charge in [0.05, 0.1) is 5.69 Å². The van der Waals surface area contributed by atoms with Gasteiger partial charge in [0.1, 0.15) is 0 Å². The molecule has 2 heteroatoms. The molecule has 0 spiro atoms. The topological polar surface area (TPSA) is 15.6 Å². The van der Waals surface area contributed by atoms with Crippen LogP contribution in [0, 0.1) is 0 Å². The Morgan fingerprint density at radius 3 is 2.80 bits per heavy atom. The number of nitrogens with zero attached hydrogens (tertiary/aromatic N) is 2. The van der Waals surface area contributed by atoms with Crippen LogP contribution in [0.15, 0.2) is 35.5 Å². The normalized spacial score (nSPS) is 21.3. The van der Waals surface area contributed by atoms with Gasteiger partial charge in [-0.15, -0.1) is 0 Å². The van der Waals surface area contributed by atoms with Crippen LogP contribution in [0.25, 0.3) is 5.57 Å². The Kier molecular flexibility index (Phi) is 2.05. The Hall–Kier alpha value is -1.57. The van der Waals surface area contributed by atoms with Gasteiger partial charge in [-0.05, 0) is 18.9 Å². The molecule has 2 nitrogen and oxygen atoms in total. The molecule has 2 heterocycles. The monoisotopic (exact) mass is 198 g/mol. The van der Waals surface area contributed by atoms with Crippen LogP contribution in [-0.2, 0) is 0 Å². The molecule has 0 bridgehead atoms. The maximum Gasteiger partial charge on any atom is 0.0709 e. The highest BCUT2D eigenvalue weighted by Gasteiger charge is 2.14. The molecule has 15 heavy (non-hydrogen) atoms. The summed E-state index contributed by atoms with van der Waals surface area (Å²) in [6, 6.07) is 8.32. The van der Waals surface area contributed by atoms with Gasteiger partial charge in [-0.25, -0.2) is 0 Å². The third-order valence-corrected chi connectivity index (χ3v) is 3.02. The fourth-order valence-electron chi connectivity index (χ4n) is 2.21. The molecule has 76 valence electrons. The lowest BCUT2D eigenvalue weighted by Crippen LogP contribution is -2.11. The highest BCUT2D eigenvalue weighted by Crippen LogP contribution is 2.31. The third-order valence-electron chi connectivity index (χ3n) is 3.02. The van der Waals surface area contributed by atoms with Crippen molar-refractivity contribution in [1.29, 1.82) is 0 Å². The van der Waals surface area contributed by atoms with E-state index in [1.54, 1.807) is 0 Å². The minimum absolute atomic E-state index is 1.10. The van der Waals surface area contributed by atoms with Crippen molar-refractivity contribution in [2.24, 2.45) is 4.99 Å². The first-order chi connectivity index (χ1) is 7.43. The molecule has 2 aliphatic heterocycles. The molecule has 1 aromatic carbocycles. The number of likely N-dealkylation sites (tertiary alicyclic amines) is 1. The Morgan fingerprint density at radius 1 is 1.13 bits per heavy atom. The number of aliphatic imine (C=N–C) groups is 1. The number of benzene rings is 1. The lowest BCUT2D eigenvalue weighted by molar-refractivity contribution is 0.470. The van der Waals surface area contributed by atoms with Crippen molar-refractivity contribution in [3.63, 3.8) is 0 Å². The summed E-state index contributed by atoms with van der Waals surface area (Å²) >= 11 is 0. The lowest BCUT2D eigenvalue weighted by Gasteiger charge is -2.12. The zero-order chi connectivity index (χ0) is 10.1. The second-order valence-electron chi connectivity index (χ2n) is 4.10. The van der Waals surface area contributed by atoms with Gasteiger partial charge in [0.15, 0.2) is 0 Å². The van der Waals surface area contributed by atoms with Crippen molar-refractivity contribution in [1.82, 2.24) is 4.90 Å². The van der Waals surface area contributed by atoms with Crippen molar-refractivity contribution in [2.75, 3.05) is 13.1 Å². The number of rotatable bonds is 1. The molecule has 0 N–H and O–H groups in total. The molecule has 1 saturated heterocycles. The average Bonchev–Trinajstić information content (AvgIpc) is 2.89. The number of fused-ring (bicyclic) bond motifs is 1. The van der Waals surface area contributed by atoms with Gasteiger partial charge in [-0.2, -0.15) is 0 Å². The molecule has 3 rings (SSSR count). The highest BCUT2D eigenvalue weighted by molar-refractivity contribution is 6.16.